The van der Waals surface area contributed by atoms with Gasteiger partial charge in [0.05, 0.1) is 12.7 Å². The van der Waals surface area contributed by atoms with Crippen LogP contribution in [0.5, 0.6) is 0 Å². The number of hydrogen-bond acceptors (Lipinski definition) is 4. The highest BCUT2D eigenvalue weighted by atomic mass is 19.1. The largest absolute Gasteiger partial charge is 0.391 e. The fourth-order valence-electron chi connectivity index (χ4n) is 2.67. The summed E-state index contributed by atoms with van der Waals surface area (Å²) >= 11 is 0. The van der Waals surface area contributed by atoms with Crippen LogP contribution in [0, 0.1) is 11.7 Å². The number of nitrogens with zero attached hydrogens (tertiary/aromatic N) is 1. The monoisotopic (exact) mass is 296 g/mol. The number of nitrogens with one attached hydrogen (secondary N) is 1. The van der Waals surface area contributed by atoms with Gasteiger partial charge in [-0.15, -0.1) is 0 Å². The summed E-state index contributed by atoms with van der Waals surface area (Å²) in [4.78, 5) is 2.08. The van der Waals surface area contributed by atoms with E-state index in [-0.39, 0.29) is 11.9 Å². The number of β-amino-alcohol motifs (C(OH)–C–C–N with tert-alkyl or cyclic N) is 1. The molecular weight excluding hydrogens is 271 g/mol. The van der Waals surface area contributed by atoms with E-state index < -0.39 is 0 Å². The summed E-state index contributed by atoms with van der Waals surface area (Å²) in [5.41, 5.74) is 1.54. The Morgan fingerprint density at radius 3 is 3.00 bits per heavy atom. The summed E-state index contributed by atoms with van der Waals surface area (Å²) in [5.74, 6) is 0.101. The molecule has 0 aromatic heterocycles. The number of ether oxygens (including phenoxy) is 1. The van der Waals surface area contributed by atoms with Gasteiger partial charge in [-0.05, 0) is 24.5 Å². The van der Waals surface area contributed by atoms with Gasteiger partial charge in [0.1, 0.15) is 5.82 Å². The van der Waals surface area contributed by atoms with Gasteiger partial charge in [-0.3, -0.25) is 0 Å². The van der Waals surface area contributed by atoms with Crippen LogP contribution in [-0.4, -0.2) is 44.6 Å². The Kier molecular flexibility index (Phi) is 5.96. The zero-order chi connectivity index (χ0) is 15.2. The predicted octanol–water partition coefficient (Wildman–Crippen LogP) is 1.77. The van der Waals surface area contributed by atoms with E-state index >= 15 is 0 Å². The standard InChI is InChI=1S/C16H25FN2O2/c1-12-6-8-19(11-16(12)20)15-5-3-4-14(17)13(15)10-18-7-9-21-2/h3-5,12,16,18,20H,6-11H2,1-2H3. The van der Waals surface area contributed by atoms with Crippen molar-refractivity contribution in [2.24, 2.45) is 5.92 Å². The lowest BCUT2D eigenvalue weighted by Gasteiger charge is -2.37. The van der Waals surface area contributed by atoms with Gasteiger partial charge in [0.25, 0.3) is 0 Å². The van der Waals surface area contributed by atoms with Gasteiger partial charge in [-0.25, -0.2) is 4.39 Å². The van der Waals surface area contributed by atoms with Crippen molar-refractivity contribution in [2.45, 2.75) is 26.0 Å². The maximum atomic E-state index is 14.1. The lowest BCUT2D eigenvalue weighted by atomic mass is 9.95. The van der Waals surface area contributed by atoms with Crippen molar-refractivity contribution in [3.8, 4) is 0 Å². The third-order valence-electron chi connectivity index (χ3n) is 4.14. The van der Waals surface area contributed by atoms with E-state index in [0.717, 1.165) is 18.7 Å². The van der Waals surface area contributed by atoms with Crippen LogP contribution in [0.2, 0.25) is 0 Å². The Hall–Kier alpha value is -1.17. The molecule has 1 aliphatic rings. The molecule has 2 atom stereocenters. The predicted molar refractivity (Wildman–Crippen MR) is 82.0 cm³/mol. The highest BCUT2D eigenvalue weighted by Crippen LogP contribution is 2.28. The number of benzene rings is 1. The quantitative estimate of drug-likeness (QED) is 0.785. The summed E-state index contributed by atoms with van der Waals surface area (Å²) in [7, 11) is 1.65. The molecule has 1 saturated heterocycles. The average molecular weight is 296 g/mol. The summed E-state index contributed by atoms with van der Waals surface area (Å²) < 4.78 is 19.1. The zero-order valence-electron chi connectivity index (χ0n) is 12.8. The SMILES string of the molecule is COCCNCc1c(F)cccc1N1CCC(C)C(O)C1. The first-order chi connectivity index (χ1) is 10.1. The Morgan fingerprint density at radius 2 is 2.29 bits per heavy atom. The molecule has 0 saturated carbocycles. The molecule has 2 rings (SSSR count). The summed E-state index contributed by atoms with van der Waals surface area (Å²) in [6.45, 7) is 5.23. The second kappa shape index (κ2) is 7.73. The zero-order valence-corrected chi connectivity index (χ0v) is 12.8. The molecule has 2 unspecified atom stereocenters. The summed E-state index contributed by atoms with van der Waals surface area (Å²) in [6.07, 6.45) is 0.574. The molecule has 118 valence electrons. The Labute approximate surface area is 125 Å². The van der Waals surface area contributed by atoms with E-state index in [2.05, 4.69) is 17.1 Å². The molecule has 1 aliphatic heterocycles. The van der Waals surface area contributed by atoms with Crippen molar-refractivity contribution in [3.05, 3.63) is 29.6 Å². The molecule has 0 amide bonds. The minimum absolute atomic E-state index is 0.203. The fraction of sp³-hybridized carbons (Fsp3) is 0.625. The third kappa shape index (κ3) is 4.15. The fourth-order valence-corrected chi connectivity index (χ4v) is 2.67. The number of aliphatic hydroxyl groups excluding tert-OH is 1. The van der Waals surface area contributed by atoms with E-state index in [1.807, 2.05) is 6.07 Å². The average Bonchev–Trinajstić information content (AvgIpc) is 2.48. The lowest BCUT2D eigenvalue weighted by Crippen LogP contribution is -2.43. The number of aliphatic hydroxyl groups is 1. The molecule has 4 nitrogen and oxygen atoms in total. The molecular formula is C16H25FN2O2. The Balaban J connectivity index is 2.09. The molecule has 0 aliphatic carbocycles. The second-order valence-corrected chi connectivity index (χ2v) is 5.69. The maximum absolute atomic E-state index is 14.1. The number of anilines is 1. The van der Waals surface area contributed by atoms with Gasteiger partial charge >= 0.3 is 0 Å². The molecule has 0 bridgehead atoms. The van der Waals surface area contributed by atoms with Gasteiger partial charge in [0.2, 0.25) is 0 Å². The molecule has 1 heterocycles. The van der Waals surface area contributed by atoms with Crippen molar-refractivity contribution in [3.63, 3.8) is 0 Å². The third-order valence-corrected chi connectivity index (χ3v) is 4.14. The number of rotatable bonds is 6. The van der Waals surface area contributed by atoms with Crippen LogP contribution in [-0.2, 0) is 11.3 Å². The number of piperidine rings is 1. The van der Waals surface area contributed by atoms with Crippen LogP contribution in [0.25, 0.3) is 0 Å². The van der Waals surface area contributed by atoms with Gasteiger partial charge < -0.3 is 20.1 Å². The van der Waals surface area contributed by atoms with Crippen LogP contribution < -0.4 is 10.2 Å². The van der Waals surface area contributed by atoms with Crippen molar-refractivity contribution in [2.75, 3.05) is 38.3 Å². The van der Waals surface area contributed by atoms with E-state index in [9.17, 15) is 9.50 Å². The van der Waals surface area contributed by atoms with Crippen LogP contribution in [0.4, 0.5) is 10.1 Å². The first kappa shape index (κ1) is 16.2. The Morgan fingerprint density at radius 1 is 1.48 bits per heavy atom. The van der Waals surface area contributed by atoms with Crippen molar-refractivity contribution >= 4 is 5.69 Å². The van der Waals surface area contributed by atoms with Gasteiger partial charge in [0.15, 0.2) is 0 Å². The minimum Gasteiger partial charge on any atom is -0.391 e. The Bertz CT molecular complexity index is 456. The molecule has 2 N–H and O–H groups in total. The van der Waals surface area contributed by atoms with Gasteiger partial charge in [0, 0.05) is 44.5 Å². The van der Waals surface area contributed by atoms with E-state index in [1.54, 1.807) is 13.2 Å². The van der Waals surface area contributed by atoms with E-state index in [4.69, 9.17) is 4.74 Å². The topological polar surface area (TPSA) is 44.7 Å². The van der Waals surface area contributed by atoms with Gasteiger partial charge in [-0.1, -0.05) is 13.0 Å². The molecule has 0 spiro atoms. The van der Waals surface area contributed by atoms with Crippen LogP contribution >= 0.6 is 0 Å². The minimum atomic E-state index is -0.351. The molecule has 21 heavy (non-hydrogen) atoms. The molecule has 1 aromatic carbocycles. The van der Waals surface area contributed by atoms with Crippen molar-refractivity contribution < 1.29 is 14.2 Å². The molecule has 1 fully saturated rings. The highest BCUT2D eigenvalue weighted by molar-refractivity contribution is 5.54. The number of methoxy groups -OCH3 is 1. The normalized spacial score (nSPS) is 22.6. The number of hydrogen-bond donors (Lipinski definition) is 2. The molecule has 5 heteroatoms. The van der Waals surface area contributed by atoms with Crippen LogP contribution in [0.3, 0.4) is 0 Å². The van der Waals surface area contributed by atoms with Crippen molar-refractivity contribution in [1.82, 2.24) is 5.32 Å². The van der Waals surface area contributed by atoms with Crippen LogP contribution in [0.1, 0.15) is 18.9 Å². The van der Waals surface area contributed by atoms with Gasteiger partial charge in [-0.2, -0.15) is 0 Å². The highest BCUT2D eigenvalue weighted by Gasteiger charge is 2.26. The van der Waals surface area contributed by atoms with E-state index in [0.29, 0.717) is 37.7 Å². The second-order valence-electron chi connectivity index (χ2n) is 5.69. The smallest absolute Gasteiger partial charge is 0.129 e. The molecule has 0 radical (unpaired) electrons. The number of halogens is 1. The van der Waals surface area contributed by atoms with Crippen LogP contribution in [0.15, 0.2) is 18.2 Å². The molecule has 1 aromatic rings. The van der Waals surface area contributed by atoms with Crippen molar-refractivity contribution in [1.29, 1.82) is 0 Å². The first-order valence-electron chi connectivity index (χ1n) is 7.53. The first-order valence-corrected chi connectivity index (χ1v) is 7.53. The lowest BCUT2D eigenvalue weighted by molar-refractivity contribution is 0.103. The summed E-state index contributed by atoms with van der Waals surface area (Å²) in [5, 5.41) is 13.2. The van der Waals surface area contributed by atoms with E-state index in [1.165, 1.54) is 6.07 Å². The summed E-state index contributed by atoms with van der Waals surface area (Å²) in [6, 6.07) is 5.15. The maximum Gasteiger partial charge on any atom is 0.129 e.